The van der Waals surface area contributed by atoms with Crippen LogP contribution in [0.2, 0.25) is 0 Å². The summed E-state index contributed by atoms with van der Waals surface area (Å²) in [4.78, 5) is 47.1. The number of thiazole rings is 2. The number of rotatable bonds is 8. The van der Waals surface area contributed by atoms with Gasteiger partial charge in [-0.2, -0.15) is 0 Å². The van der Waals surface area contributed by atoms with E-state index in [4.69, 9.17) is 11.5 Å². The standard InChI is InChI=1S/C23H20N8O5S3/c24-22-26-13(9-38-22)11-3-1-5-30(7-11)6-2-4-12-8-37-20-16(19(33)31(20)17(12)21(34)35)28-18(32)15(29-36)14-10-39-23(25)27-14/h1-5,7,9-10,16,20H,6,8H2,(H6-,24,25,26,27,28,32,34,35,36)/p+1/b4-2+/t16-,20+/m1/s1. The Morgan fingerprint density at radius 3 is 2.69 bits per heavy atom. The molecule has 1 saturated heterocycles. The van der Waals surface area contributed by atoms with E-state index in [1.807, 2.05) is 40.5 Å². The lowest BCUT2D eigenvalue weighted by atomic mass is 10.0. The molecule has 0 radical (unpaired) electrons. The van der Waals surface area contributed by atoms with Crippen LogP contribution in [0.15, 0.2) is 63.9 Å². The second-order valence-corrected chi connectivity index (χ2v) is 11.2. The van der Waals surface area contributed by atoms with Crippen molar-refractivity contribution in [2.75, 3.05) is 17.2 Å². The van der Waals surface area contributed by atoms with Crippen LogP contribution in [0.3, 0.4) is 0 Å². The molecule has 0 unspecified atom stereocenters. The van der Waals surface area contributed by atoms with Crippen LogP contribution in [0, 0.1) is 0 Å². The van der Waals surface area contributed by atoms with Crippen LogP contribution in [0.25, 0.3) is 11.3 Å². The quantitative estimate of drug-likeness (QED) is 0.0831. The minimum atomic E-state index is -1.25. The van der Waals surface area contributed by atoms with Crippen LogP contribution in [0.1, 0.15) is 5.69 Å². The van der Waals surface area contributed by atoms with Gasteiger partial charge in [-0.05, 0) is 17.7 Å². The lowest BCUT2D eigenvalue weighted by Gasteiger charge is -2.49. The molecule has 0 aliphatic carbocycles. The number of pyridine rings is 1. The van der Waals surface area contributed by atoms with Crippen molar-refractivity contribution in [3.63, 3.8) is 0 Å². The normalized spacial score (nSPS) is 19.2. The van der Waals surface area contributed by atoms with Crippen LogP contribution in [-0.4, -0.2) is 65.8 Å². The number of oxime groups is 1. The maximum atomic E-state index is 12.9. The minimum absolute atomic E-state index is 0.0649. The third-order valence-electron chi connectivity index (χ3n) is 5.88. The number of β-lactam (4-membered cyclic amide) rings is 1. The number of allylic oxidation sites excluding steroid dienone is 2. The molecule has 2 aliphatic rings. The number of fused-ring (bicyclic) bond motifs is 1. The number of nitrogens with zero attached hydrogens (tertiary/aromatic N) is 5. The van der Waals surface area contributed by atoms with E-state index in [9.17, 15) is 24.7 Å². The Bertz CT molecular complexity index is 1560. The summed E-state index contributed by atoms with van der Waals surface area (Å²) in [6.07, 6.45) is 7.28. The number of aliphatic carboxylic acids is 1. The molecule has 3 aromatic rings. The van der Waals surface area contributed by atoms with Crippen molar-refractivity contribution in [2.24, 2.45) is 5.16 Å². The molecule has 2 aliphatic heterocycles. The summed E-state index contributed by atoms with van der Waals surface area (Å²) in [6, 6.07) is 2.81. The molecule has 0 bridgehead atoms. The number of nitrogens with one attached hydrogen (secondary N) is 1. The number of aromatic nitrogens is 3. The van der Waals surface area contributed by atoms with Gasteiger partial charge < -0.3 is 27.1 Å². The van der Waals surface area contributed by atoms with Crippen LogP contribution in [0.4, 0.5) is 10.3 Å². The summed E-state index contributed by atoms with van der Waals surface area (Å²) in [5, 5.41) is 28.1. The van der Waals surface area contributed by atoms with Crippen molar-refractivity contribution >= 4 is 68.2 Å². The molecule has 0 spiro atoms. The Kier molecular flexibility index (Phi) is 7.32. The van der Waals surface area contributed by atoms with Gasteiger partial charge in [0.25, 0.3) is 11.8 Å². The molecule has 0 saturated carbocycles. The van der Waals surface area contributed by atoms with Crippen molar-refractivity contribution in [3.8, 4) is 11.3 Å². The van der Waals surface area contributed by atoms with Crippen molar-refractivity contribution < 1.29 is 29.3 Å². The zero-order valence-electron chi connectivity index (χ0n) is 19.9. The number of hydrogen-bond donors (Lipinski definition) is 5. The Balaban J connectivity index is 1.28. The summed E-state index contributed by atoms with van der Waals surface area (Å²) < 4.78 is 1.91. The average Bonchev–Trinajstić information content (AvgIpc) is 3.55. The largest absolute Gasteiger partial charge is 0.477 e. The van der Waals surface area contributed by atoms with Crippen molar-refractivity contribution in [1.29, 1.82) is 0 Å². The summed E-state index contributed by atoms with van der Waals surface area (Å²) in [6.45, 7) is 0.453. The Labute approximate surface area is 233 Å². The van der Waals surface area contributed by atoms with Gasteiger partial charge in [0.15, 0.2) is 34.9 Å². The van der Waals surface area contributed by atoms with Gasteiger partial charge in [-0.3, -0.25) is 14.5 Å². The van der Waals surface area contributed by atoms with Gasteiger partial charge in [-0.1, -0.05) is 11.2 Å². The molecule has 5 heterocycles. The predicted molar refractivity (Wildman–Crippen MR) is 146 cm³/mol. The topological polar surface area (TPSA) is 201 Å². The Morgan fingerprint density at radius 1 is 1.26 bits per heavy atom. The molecule has 200 valence electrons. The van der Waals surface area contributed by atoms with E-state index in [1.165, 1.54) is 28.5 Å². The maximum Gasteiger partial charge on any atom is 0.352 e. The van der Waals surface area contributed by atoms with E-state index in [1.54, 1.807) is 6.08 Å². The number of carbonyl (C=O) groups excluding carboxylic acids is 2. The van der Waals surface area contributed by atoms with E-state index in [2.05, 4.69) is 20.4 Å². The second-order valence-electron chi connectivity index (χ2n) is 8.32. The van der Waals surface area contributed by atoms with E-state index in [0.29, 0.717) is 23.0 Å². The first kappa shape index (κ1) is 26.3. The lowest BCUT2D eigenvalue weighted by Crippen LogP contribution is -2.71. The second kappa shape index (κ2) is 10.8. The number of hydrogen-bond acceptors (Lipinski definition) is 12. The number of carboxylic acids is 1. The summed E-state index contributed by atoms with van der Waals surface area (Å²) in [5.74, 6) is -2.34. The van der Waals surface area contributed by atoms with Crippen LogP contribution < -0.4 is 21.4 Å². The molecule has 3 aromatic heterocycles. The zero-order valence-corrected chi connectivity index (χ0v) is 22.4. The first-order valence-corrected chi connectivity index (χ1v) is 14.1. The lowest BCUT2D eigenvalue weighted by molar-refractivity contribution is -0.686. The molecule has 16 heteroatoms. The fourth-order valence-corrected chi connectivity index (χ4v) is 6.55. The minimum Gasteiger partial charge on any atom is -0.477 e. The summed E-state index contributed by atoms with van der Waals surface area (Å²) in [7, 11) is 0. The predicted octanol–water partition coefficient (Wildman–Crippen LogP) is 0.892. The molecule has 13 nitrogen and oxygen atoms in total. The molecule has 1 fully saturated rings. The molecule has 2 amide bonds. The molecule has 2 atom stereocenters. The molecular formula is C23H21N8O5S3+. The van der Waals surface area contributed by atoms with Crippen LogP contribution in [0.5, 0.6) is 0 Å². The summed E-state index contributed by atoms with van der Waals surface area (Å²) in [5.41, 5.74) is 13.0. The van der Waals surface area contributed by atoms with E-state index in [0.717, 1.165) is 27.5 Å². The van der Waals surface area contributed by atoms with E-state index < -0.39 is 34.9 Å². The smallest absolute Gasteiger partial charge is 0.352 e. The fraction of sp³-hybridized carbons (Fsp3) is 0.174. The Morgan fingerprint density at radius 2 is 2.03 bits per heavy atom. The number of anilines is 2. The van der Waals surface area contributed by atoms with Gasteiger partial charge in [0.1, 0.15) is 22.8 Å². The third kappa shape index (κ3) is 5.21. The van der Waals surface area contributed by atoms with Gasteiger partial charge in [-0.15, -0.1) is 34.4 Å². The van der Waals surface area contributed by atoms with Gasteiger partial charge in [0, 0.05) is 22.6 Å². The number of nitrogen functional groups attached to an aromatic ring is 2. The van der Waals surface area contributed by atoms with Gasteiger partial charge in [-0.25, -0.2) is 19.3 Å². The van der Waals surface area contributed by atoms with Crippen molar-refractivity contribution in [3.05, 3.63) is 64.4 Å². The SMILES string of the molecule is Nc1nc(C(=NO)C(=O)N[C@@H]2C(=O)N3C(C(=O)O)=C(/C=C/C[n+]4cccc(-c5csc(N)n5)c4)CS[C@@H]23)cs1. The number of thioether (sulfide) groups is 1. The number of amides is 2. The highest BCUT2D eigenvalue weighted by molar-refractivity contribution is 8.00. The molecular weight excluding hydrogens is 565 g/mol. The Hall–Kier alpha value is -4.28. The van der Waals surface area contributed by atoms with Gasteiger partial charge in [0.2, 0.25) is 0 Å². The van der Waals surface area contributed by atoms with Crippen LogP contribution in [-0.2, 0) is 20.9 Å². The number of nitrogens with two attached hydrogens (primary N) is 2. The third-order valence-corrected chi connectivity index (χ3v) is 8.53. The van der Waals surface area contributed by atoms with Crippen LogP contribution >= 0.6 is 34.4 Å². The zero-order chi connectivity index (χ0) is 27.7. The first-order chi connectivity index (χ1) is 18.8. The summed E-state index contributed by atoms with van der Waals surface area (Å²) >= 11 is 3.74. The van der Waals surface area contributed by atoms with E-state index in [-0.39, 0.29) is 16.5 Å². The van der Waals surface area contributed by atoms with E-state index >= 15 is 0 Å². The van der Waals surface area contributed by atoms with Gasteiger partial charge >= 0.3 is 5.97 Å². The highest BCUT2D eigenvalue weighted by Gasteiger charge is 2.54. The number of carbonyl (C=O) groups is 3. The molecule has 5 rings (SSSR count). The highest BCUT2D eigenvalue weighted by atomic mass is 32.2. The maximum absolute atomic E-state index is 12.9. The van der Waals surface area contributed by atoms with Gasteiger partial charge in [0.05, 0.1) is 11.3 Å². The monoisotopic (exact) mass is 585 g/mol. The molecule has 39 heavy (non-hydrogen) atoms. The molecule has 7 N–H and O–H groups in total. The fourth-order valence-electron chi connectivity index (χ4n) is 4.11. The number of carboxylic acid groups (broad SMARTS) is 1. The van der Waals surface area contributed by atoms with Crippen molar-refractivity contribution in [2.45, 2.75) is 18.0 Å². The average molecular weight is 586 g/mol. The molecule has 0 aromatic carbocycles. The first-order valence-electron chi connectivity index (χ1n) is 11.3. The highest BCUT2D eigenvalue weighted by Crippen LogP contribution is 2.40. The van der Waals surface area contributed by atoms with Crippen molar-refractivity contribution in [1.82, 2.24) is 20.2 Å².